The largest absolute Gasteiger partial charge is 0.490 e. The molecule has 0 bridgehead atoms. The van der Waals surface area contributed by atoms with Crippen molar-refractivity contribution in [2.24, 2.45) is 4.99 Å². The molecule has 31 heavy (non-hydrogen) atoms. The van der Waals surface area contributed by atoms with E-state index in [0.717, 1.165) is 10.2 Å². The summed E-state index contributed by atoms with van der Waals surface area (Å²) in [7, 11) is 0. The molecule has 0 aliphatic heterocycles. The van der Waals surface area contributed by atoms with Gasteiger partial charge in [0.25, 0.3) is 5.91 Å². The fourth-order valence-corrected chi connectivity index (χ4v) is 4.34. The number of hydrogen-bond donors (Lipinski definition) is 0. The van der Waals surface area contributed by atoms with E-state index in [9.17, 15) is 4.79 Å². The average Bonchev–Trinajstić information content (AvgIpc) is 3.06. The number of nitrogens with zero attached hydrogens (tertiary/aromatic N) is 2. The van der Waals surface area contributed by atoms with Crippen LogP contribution in [-0.4, -0.2) is 30.3 Å². The lowest BCUT2D eigenvalue weighted by Gasteiger charge is -2.16. The van der Waals surface area contributed by atoms with E-state index in [4.69, 9.17) is 32.2 Å². The number of terminal acetylenes is 1. The third-order valence-corrected chi connectivity index (χ3v) is 5.52. The van der Waals surface area contributed by atoms with E-state index in [1.807, 2.05) is 37.5 Å². The molecule has 2 aromatic carbocycles. The van der Waals surface area contributed by atoms with Gasteiger partial charge in [-0.2, -0.15) is 4.99 Å². The first-order chi connectivity index (χ1) is 15.0. The Balaban J connectivity index is 2.13. The number of thiazole rings is 1. The van der Waals surface area contributed by atoms with Crippen molar-refractivity contribution in [2.45, 2.75) is 27.3 Å². The van der Waals surface area contributed by atoms with Crippen LogP contribution in [0.15, 0.2) is 35.3 Å². The van der Waals surface area contributed by atoms with Gasteiger partial charge in [-0.15, -0.1) is 6.42 Å². The van der Waals surface area contributed by atoms with Gasteiger partial charge in [0.15, 0.2) is 16.3 Å². The topological polar surface area (TPSA) is 62.1 Å². The van der Waals surface area contributed by atoms with Crippen LogP contribution in [0.1, 0.15) is 31.1 Å². The highest BCUT2D eigenvalue weighted by atomic mass is 35.5. The fraction of sp³-hybridized carbons (Fsp3) is 0.304. The van der Waals surface area contributed by atoms with Gasteiger partial charge in [-0.05, 0) is 51.1 Å². The average molecular weight is 459 g/mol. The number of fused-ring (bicyclic) bond motifs is 1. The Morgan fingerprint density at radius 3 is 2.32 bits per heavy atom. The zero-order valence-corrected chi connectivity index (χ0v) is 19.2. The van der Waals surface area contributed by atoms with Gasteiger partial charge >= 0.3 is 0 Å². The maximum Gasteiger partial charge on any atom is 0.279 e. The lowest BCUT2D eigenvalue weighted by molar-refractivity contribution is 0.0996. The first-order valence-corrected chi connectivity index (χ1v) is 11.1. The molecule has 0 fully saturated rings. The number of carbonyl (C=O) groups is 1. The SMILES string of the molecule is C#CCn1c(=NC(=O)c2cc(OCC)c(OCC)c(OCC)c2)sc2cc(Cl)ccc21. The van der Waals surface area contributed by atoms with Gasteiger partial charge < -0.3 is 18.8 Å². The third-order valence-electron chi connectivity index (χ3n) is 4.25. The van der Waals surface area contributed by atoms with Crippen LogP contribution in [-0.2, 0) is 6.54 Å². The minimum absolute atomic E-state index is 0.283. The summed E-state index contributed by atoms with van der Waals surface area (Å²) in [6, 6.07) is 8.73. The molecule has 0 N–H and O–H groups in total. The Kier molecular flexibility index (Phi) is 7.61. The monoisotopic (exact) mass is 458 g/mol. The predicted molar refractivity (Wildman–Crippen MR) is 124 cm³/mol. The van der Waals surface area contributed by atoms with Gasteiger partial charge in [-0.3, -0.25) is 4.79 Å². The summed E-state index contributed by atoms with van der Waals surface area (Å²) in [5.41, 5.74) is 1.20. The minimum Gasteiger partial charge on any atom is -0.490 e. The number of halogens is 1. The quantitative estimate of drug-likeness (QED) is 0.449. The van der Waals surface area contributed by atoms with Crippen molar-refractivity contribution in [1.82, 2.24) is 4.57 Å². The second-order valence-corrected chi connectivity index (χ2v) is 7.75. The van der Waals surface area contributed by atoms with Crippen molar-refractivity contribution in [3.05, 3.63) is 45.7 Å². The number of amides is 1. The van der Waals surface area contributed by atoms with Gasteiger partial charge in [0, 0.05) is 10.6 Å². The Bertz CT molecular complexity index is 1180. The standard InChI is InChI=1S/C23H23ClN2O4S/c1-5-11-26-17-10-9-16(24)14-20(17)31-23(26)25-22(27)15-12-18(28-6-2)21(30-8-4)19(13-15)29-7-3/h1,9-10,12-14H,6-8,11H2,2-4H3. The zero-order chi connectivity index (χ0) is 22.4. The minimum atomic E-state index is -0.437. The second kappa shape index (κ2) is 10.4. The van der Waals surface area contributed by atoms with E-state index in [-0.39, 0.29) is 6.54 Å². The Morgan fingerprint density at radius 2 is 1.74 bits per heavy atom. The normalized spacial score (nSPS) is 11.4. The molecule has 1 aromatic heterocycles. The van der Waals surface area contributed by atoms with E-state index in [1.165, 1.54) is 11.3 Å². The molecule has 0 unspecified atom stereocenters. The highest BCUT2D eigenvalue weighted by Crippen LogP contribution is 2.39. The molecule has 3 aromatic rings. The van der Waals surface area contributed by atoms with Crippen molar-refractivity contribution < 1.29 is 19.0 Å². The first-order valence-electron chi connectivity index (χ1n) is 9.90. The van der Waals surface area contributed by atoms with Gasteiger partial charge in [0.2, 0.25) is 5.75 Å². The summed E-state index contributed by atoms with van der Waals surface area (Å²) in [5, 5.41) is 0.605. The molecule has 0 atom stereocenters. The van der Waals surface area contributed by atoms with Gasteiger partial charge in [0.1, 0.15) is 0 Å². The van der Waals surface area contributed by atoms with Gasteiger partial charge in [0.05, 0.1) is 36.6 Å². The van der Waals surface area contributed by atoms with Crippen LogP contribution in [0.4, 0.5) is 0 Å². The molecule has 8 heteroatoms. The molecule has 0 aliphatic carbocycles. The number of aromatic nitrogens is 1. The fourth-order valence-electron chi connectivity index (χ4n) is 3.04. The third kappa shape index (κ3) is 5.04. The summed E-state index contributed by atoms with van der Waals surface area (Å²) < 4.78 is 19.8. The van der Waals surface area contributed by atoms with E-state index < -0.39 is 5.91 Å². The molecule has 0 saturated carbocycles. The van der Waals surface area contributed by atoms with Crippen LogP contribution in [0.2, 0.25) is 5.02 Å². The molecule has 0 radical (unpaired) electrons. The van der Waals surface area contributed by atoms with E-state index in [1.54, 1.807) is 18.2 Å². The van der Waals surface area contributed by atoms with Crippen molar-refractivity contribution in [3.63, 3.8) is 0 Å². The molecule has 0 saturated heterocycles. The van der Waals surface area contributed by atoms with Crippen LogP contribution in [0.25, 0.3) is 10.2 Å². The highest BCUT2D eigenvalue weighted by molar-refractivity contribution is 7.16. The maximum atomic E-state index is 13.1. The predicted octanol–water partition coefficient (Wildman–Crippen LogP) is 4.93. The summed E-state index contributed by atoms with van der Waals surface area (Å²) in [5.74, 6) is 3.53. The van der Waals surface area contributed by atoms with E-state index >= 15 is 0 Å². The number of benzene rings is 2. The second-order valence-electron chi connectivity index (χ2n) is 6.30. The van der Waals surface area contributed by atoms with Crippen molar-refractivity contribution in [1.29, 1.82) is 0 Å². The summed E-state index contributed by atoms with van der Waals surface area (Å²) in [4.78, 5) is 17.9. The van der Waals surface area contributed by atoms with Crippen molar-refractivity contribution >= 4 is 39.1 Å². The van der Waals surface area contributed by atoms with Crippen molar-refractivity contribution in [3.8, 4) is 29.6 Å². The van der Waals surface area contributed by atoms with Crippen LogP contribution >= 0.6 is 22.9 Å². The summed E-state index contributed by atoms with van der Waals surface area (Å²) >= 11 is 7.46. The van der Waals surface area contributed by atoms with Crippen LogP contribution < -0.4 is 19.0 Å². The lowest BCUT2D eigenvalue weighted by Crippen LogP contribution is -2.16. The smallest absolute Gasteiger partial charge is 0.279 e. The van der Waals surface area contributed by atoms with Crippen LogP contribution in [0.5, 0.6) is 17.2 Å². The summed E-state index contributed by atoms with van der Waals surface area (Å²) in [6.07, 6.45) is 5.54. The Hall–Kier alpha value is -2.95. The maximum absolute atomic E-state index is 13.1. The van der Waals surface area contributed by atoms with Crippen molar-refractivity contribution in [2.75, 3.05) is 19.8 Å². The number of ether oxygens (including phenoxy) is 3. The summed E-state index contributed by atoms with van der Waals surface area (Å²) in [6.45, 7) is 7.15. The van der Waals surface area contributed by atoms with Gasteiger partial charge in [-0.1, -0.05) is 28.9 Å². The molecule has 1 heterocycles. The first kappa shape index (κ1) is 22.7. The van der Waals surface area contributed by atoms with E-state index in [2.05, 4.69) is 10.9 Å². The molecule has 6 nitrogen and oxygen atoms in total. The molecule has 1 amide bonds. The van der Waals surface area contributed by atoms with Crippen LogP contribution in [0, 0.1) is 12.3 Å². The Morgan fingerprint density at radius 1 is 1.10 bits per heavy atom. The number of hydrogen-bond acceptors (Lipinski definition) is 5. The number of carbonyl (C=O) groups excluding carboxylic acids is 1. The lowest BCUT2D eigenvalue weighted by atomic mass is 10.1. The van der Waals surface area contributed by atoms with E-state index in [0.29, 0.717) is 52.5 Å². The molecule has 0 aliphatic rings. The Labute approximate surface area is 190 Å². The van der Waals surface area contributed by atoms with Crippen LogP contribution in [0.3, 0.4) is 0 Å². The molecule has 162 valence electrons. The molecule has 0 spiro atoms. The number of rotatable bonds is 8. The molecular weight excluding hydrogens is 436 g/mol. The zero-order valence-electron chi connectivity index (χ0n) is 17.6. The molecule has 3 rings (SSSR count). The molecular formula is C23H23ClN2O4S. The highest BCUT2D eigenvalue weighted by Gasteiger charge is 2.18. The van der Waals surface area contributed by atoms with Gasteiger partial charge in [-0.25, -0.2) is 0 Å².